The maximum absolute atomic E-state index is 11.1. The lowest BCUT2D eigenvalue weighted by molar-refractivity contribution is -0.138. The first-order chi connectivity index (χ1) is 12.0. The highest BCUT2D eigenvalue weighted by molar-refractivity contribution is 6.76. The van der Waals surface area contributed by atoms with Gasteiger partial charge >= 0.3 is 17.5 Å². The van der Waals surface area contributed by atoms with Crippen LogP contribution >= 0.6 is 11.6 Å². The molecule has 1 rings (SSSR count). The van der Waals surface area contributed by atoms with Crippen molar-refractivity contribution in [2.24, 2.45) is 0 Å². The van der Waals surface area contributed by atoms with Gasteiger partial charge in [0, 0.05) is 19.7 Å². The molecule has 0 aliphatic rings. The van der Waals surface area contributed by atoms with Crippen LogP contribution < -0.4 is 5.32 Å². The third-order valence-corrected chi connectivity index (χ3v) is 4.80. The first kappa shape index (κ1) is 23.9. The maximum Gasteiger partial charge on any atom is 0.408 e. The van der Waals surface area contributed by atoms with Crippen LogP contribution in [0.15, 0.2) is 30.3 Å². The summed E-state index contributed by atoms with van der Waals surface area (Å²) in [5.74, 6) is -1.10. The van der Waals surface area contributed by atoms with Crippen LogP contribution in [-0.4, -0.2) is 43.3 Å². The van der Waals surface area contributed by atoms with Crippen molar-refractivity contribution in [1.82, 2.24) is 5.32 Å². The number of ether oxygens (including phenoxy) is 2. The van der Waals surface area contributed by atoms with Gasteiger partial charge in [-0.05, 0) is 18.5 Å². The molecule has 0 radical (unpaired) electrons. The van der Waals surface area contributed by atoms with Gasteiger partial charge in [-0.1, -0.05) is 50.0 Å². The van der Waals surface area contributed by atoms with E-state index < -0.39 is 31.6 Å². The van der Waals surface area contributed by atoms with Crippen molar-refractivity contribution in [3.8, 4) is 0 Å². The van der Waals surface area contributed by atoms with Gasteiger partial charge in [0.15, 0.2) is 0 Å². The normalized spacial score (nSPS) is 11.4. The minimum atomic E-state index is -1.10. The van der Waals surface area contributed by atoms with Gasteiger partial charge in [-0.15, -0.1) is 0 Å². The fourth-order valence-corrected chi connectivity index (χ4v) is 2.23. The molecule has 0 aliphatic carbocycles. The smallest absolute Gasteiger partial charge is 0.408 e. The molecule has 0 bridgehead atoms. The number of hydrogen-bond donors (Lipinski definition) is 2. The van der Waals surface area contributed by atoms with Crippen molar-refractivity contribution < 1.29 is 29.0 Å². The number of aliphatic carboxylic acids is 1. The lowest BCUT2D eigenvalue weighted by Gasteiger charge is -2.13. The van der Waals surface area contributed by atoms with Crippen molar-refractivity contribution >= 4 is 37.2 Å². The quantitative estimate of drug-likeness (QED) is 0.525. The van der Waals surface area contributed by atoms with Gasteiger partial charge < -0.3 is 19.9 Å². The second kappa shape index (κ2) is 12.3. The molecular formula is C17H26ClNO6Si. The topological polar surface area (TPSA) is 102 Å². The Kier molecular flexibility index (Phi) is 11.3. The largest absolute Gasteiger partial charge is 0.480 e. The number of rotatable bonds is 7. The average molecular weight is 404 g/mol. The number of carboxylic acids is 1. The Morgan fingerprint density at radius 3 is 2.19 bits per heavy atom. The molecule has 1 amide bonds. The molecule has 9 heteroatoms. The van der Waals surface area contributed by atoms with Crippen LogP contribution in [0, 0.1) is 0 Å². The maximum atomic E-state index is 11.1. The summed E-state index contributed by atoms with van der Waals surface area (Å²) in [6.07, 6.45) is -0.737. The monoisotopic (exact) mass is 403 g/mol. The van der Waals surface area contributed by atoms with Gasteiger partial charge in [-0.3, -0.25) is 4.79 Å². The Labute approximate surface area is 159 Å². The molecule has 0 saturated carbocycles. The minimum Gasteiger partial charge on any atom is -0.480 e. The van der Waals surface area contributed by atoms with Crippen LogP contribution in [0.4, 0.5) is 9.59 Å². The fraction of sp³-hybridized carbons (Fsp3) is 0.471. The molecule has 7 nitrogen and oxygen atoms in total. The third-order valence-electron chi connectivity index (χ3n) is 2.99. The molecule has 1 aromatic carbocycles. The van der Waals surface area contributed by atoms with Crippen molar-refractivity contribution in [3.05, 3.63) is 35.9 Å². The van der Waals surface area contributed by atoms with Crippen LogP contribution in [-0.2, 0) is 20.9 Å². The summed E-state index contributed by atoms with van der Waals surface area (Å²) in [5.41, 5.74) is 0.152. The van der Waals surface area contributed by atoms with Gasteiger partial charge in [0.2, 0.25) is 0 Å². The number of halogens is 1. The van der Waals surface area contributed by atoms with Gasteiger partial charge in [0.05, 0.1) is 6.61 Å². The molecule has 0 fully saturated rings. The molecule has 146 valence electrons. The molecule has 0 aliphatic heterocycles. The number of carbonyl (C=O) groups excluding carboxylic acids is 2. The van der Waals surface area contributed by atoms with E-state index in [0.29, 0.717) is 6.61 Å². The summed E-state index contributed by atoms with van der Waals surface area (Å²) in [4.78, 5) is 31.7. The number of amides is 1. The molecule has 0 aromatic heterocycles. The summed E-state index contributed by atoms with van der Waals surface area (Å²) in [6.45, 7) is 8.61. The van der Waals surface area contributed by atoms with Gasteiger partial charge in [0.1, 0.15) is 12.6 Å². The molecular weight excluding hydrogens is 378 g/mol. The van der Waals surface area contributed by atoms with E-state index in [1.54, 1.807) is 0 Å². The van der Waals surface area contributed by atoms with Gasteiger partial charge in [-0.2, -0.15) is 0 Å². The number of carboxylic acid groups (broad SMARTS) is 1. The first-order valence-electron chi connectivity index (χ1n) is 8.03. The number of alkyl carbamates (subject to hydrolysis) is 1. The Balaban J connectivity index is 0.000000541. The summed E-state index contributed by atoms with van der Waals surface area (Å²) in [5, 5.41) is 10.7. The van der Waals surface area contributed by atoms with E-state index in [0.717, 1.165) is 11.6 Å². The predicted octanol–water partition coefficient (Wildman–Crippen LogP) is 4.09. The highest BCUT2D eigenvalue weighted by Crippen LogP contribution is 2.07. The molecule has 0 heterocycles. The number of nitrogens with one attached hydrogen (secondary N) is 1. The second-order valence-corrected chi connectivity index (χ2v) is 12.6. The van der Waals surface area contributed by atoms with E-state index in [1.807, 2.05) is 30.3 Å². The third kappa shape index (κ3) is 14.3. The van der Waals surface area contributed by atoms with Crippen LogP contribution in [0.3, 0.4) is 0 Å². The zero-order valence-corrected chi connectivity index (χ0v) is 17.2. The van der Waals surface area contributed by atoms with E-state index in [2.05, 4.69) is 29.7 Å². The van der Waals surface area contributed by atoms with E-state index in [-0.39, 0.29) is 6.61 Å². The molecule has 1 atom stereocenters. The summed E-state index contributed by atoms with van der Waals surface area (Å²) in [6, 6.07) is 9.17. The van der Waals surface area contributed by atoms with E-state index in [9.17, 15) is 14.4 Å². The average Bonchev–Trinajstić information content (AvgIpc) is 2.53. The molecule has 0 saturated heterocycles. The van der Waals surface area contributed by atoms with Crippen molar-refractivity contribution in [2.45, 2.75) is 45.3 Å². The highest BCUT2D eigenvalue weighted by atomic mass is 35.5. The summed E-state index contributed by atoms with van der Waals surface area (Å²) in [7, 11) is -1.06. The Bertz CT molecular complexity index is 576. The van der Waals surface area contributed by atoms with Crippen molar-refractivity contribution in [2.75, 3.05) is 6.61 Å². The zero-order valence-electron chi connectivity index (χ0n) is 15.5. The van der Waals surface area contributed by atoms with E-state index >= 15 is 0 Å². The van der Waals surface area contributed by atoms with E-state index in [4.69, 9.17) is 21.4 Å². The lowest BCUT2D eigenvalue weighted by atomic mass is 10.2. The van der Waals surface area contributed by atoms with Gasteiger partial charge in [-0.25, -0.2) is 9.59 Å². The first-order valence-corrected chi connectivity index (χ1v) is 12.1. The molecule has 1 aromatic rings. The van der Waals surface area contributed by atoms with Crippen LogP contribution in [0.1, 0.15) is 12.5 Å². The van der Waals surface area contributed by atoms with Crippen LogP contribution in [0.5, 0.6) is 0 Å². The van der Waals surface area contributed by atoms with Crippen molar-refractivity contribution in [1.29, 1.82) is 0 Å². The SMILES string of the molecule is CC(NC(=O)OCc1ccccc1)C(=O)O.C[Si](C)(C)CCOC(=O)Cl. The molecule has 26 heavy (non-hydrogen) atoms. The van der Waals surface area contributed by atoms with Crippen LogP contribution in [0.25, 0.3) is 0 Å². The number of carbonyl (C=O) groups is 3. The Morgan fingerprint density at radius 1 is 1.15 bits per heavy atom. The molecule has 2 N–H and O–H groups in total. The Morgan fingerprint density at radius 2 is 1.73 bits per heavy atom. The zero-order chi connectivity index (χ0) is 20.2. The molecule has 0 spiro atoms. The van der Waals surface area contributed by atoms with Crippen LogP contribution in [0.2, 0.25) is 25.7 Å². The Hall–Kier alpha value is -2.06. The van der Waals surface area contributed by atoms with Crippen molar-refractivity contribution in [3.63, 3.8) is 0 Å². The summed E-state index contributed by atoms with van der Waals surface area (Å²) < 4.78 is 9.41. The number of hydrogen-bond acceptors (Lipinski definition) is 5. The van der Waals surface area contributed by atoms with Gasteiger partial charge in [0.25, 0.3) is 0 Å². The second-order valence-electron chi connectivity index (χ2n) is 6.66. The highest BCUT2D eigenvalue weighted by Gasteiger charge is 2.14. The lowest BCUT2D eigenvalue weighted by Crippen LogP contribution is -2.38. The van der Waals surface area contributed by atoms with E-state index in [1.165, 1.54) is 6.92 Å². The summed E-state index contributed by atoms with van der Waals surface area (Å²) >= 11 is 4.96. The molecule has 1 unspecified atom stereocenters. The predicted molar refractivity (Wildman–Crippen MR) is 102 cm³/mol. The minimum absolute atomic E-state index is 0.124. The standard InChI is InChI=1S/C11H13NO4.C6H13ClO2Si/c1-8(10(13)14)12-11(15)16-7-9-5-3-2-4-6-9;1-10(2,3)5-4-9-6(7)8/h2-6,8H,7H2,1H3,(H,12,15)(H,13,14);4-5H2,1-3H3. The fourth-order valence-electron chi connectivity index (χ4n) is 1.44. The number of benzene rings is 1.